The van der Waals surface area contributed by atoms with Crippen LogP contribution in [0.3, 0.4) is 0 Å². The summed E-state index contributed by atoms with van der Waals surface area (Å²) >= 11 is 0. The average Bonchev–Trinajstić information content (AvgIpc) is 3.34. The predicted molar refractivity (Wildman–Crippen MR) is 124 cm³/mol. The second-order valence-corrected chi connectivity index (χ2v) is 7.72. The molecule has 0 atom stereocenters. The maximum absolute atomic E-state index is 6.43. The van der Waals surface area contributed by atoms with E-state index in [-0.39, 0.29) is 0 Å². The van der Waals surface area contributed by atoms with Gasteiger partial charge in [0.05, 0.1) is 10.9 Å². The number of hydrogen-bond donors (Lipinski definition) is 1. The van der Waals surface area contributed by atoms with Crippen molar-refractivity contribution in [1.82, 2.24) is 9.97 Å². The summed E-state index contributed by atoms with van der Waals surface area (Å²) < 4.78 is 6.43. The number of pyridine rings is 1. The van der Waals surface area contributed by atoms with Gasteiger partial charge in [-0.05, 0) is 29.0 Å². The third-order valence-electron chi connectivity index (χ3n) is 6.00. The van der Waals surface area contributed by atoms with Gasteiger partial charge in [-0.3, -0.25) is 0 Å². The van der Waals surface area contributed by atoms with Gasteiger partial charge in [0.15, 0.2) is 5.58 Å². The fourth-order valence-corrected chi connectivity index (χ4v) is 4.62. The van der Waals surface area contributed by atoms with Crippen molar-refractivity contribution in [2.45, 2.75) is 0 Å². The van der Waals surface area contributed by atoms with Crippen LogP contribution in [0.25, 0.3) is 65.9 Å². The lowest BCUT2D eigenvalue weighted by Gasteiger charge is -2.07. The number of aromatic nitrogens is 2. The van der Waals surface area contributed by atoms with Gasteiger partial charge in [0.2, 0.25) is 5.71 Å². The predicted octanol–water partition coefficient (Wildman–Crippen LogP) is 7.44. The number of nitrogens with one attached hydrogen (secondary N) is 1. The van der Waals surface area contributed by atoms with Gasteiger partial charge >= 0.3 is 0 Å². The summed E-state index contributed by atoms with van der Waals surface area (Å²) in [4.78, 5) is 8.47. The molecule has 0 aliphatic heterocycles. The summed E-state index contributed by atoms with van der Waals surface area (Å²) in [5.41, 5.74) is 5.62. The molecule has 0 bridgehead atoms. The van der Waals surface area contributed by atoms with Crippen LogP contribution in [0.5, 0.6) is 0 Å². The van der Waals surface area contributed by atoms with Gasteiger partial charge in [0.1, 0.15) is 5.69 Å². The molecule has 0 aliphatic rings. The van der Waals surface area contributed by atoms with E-state index in [1.165, 1.54) is 16.2 Å². The lowest BCUT2D eigenvalue weighted by Crippen LogP contribution is -1.88. The molecule has 4 aromatic carbocycles. The summed E-state index contributed by atoms with van der Waals surface area (Å²) in [6.45, 7) is 0. The van der Waals surface area contributed by atoms with E-state index in [4.69, 9.17) is 9.40 Å². The quantitative estimate of drug-likeness (QED) is 0.320. The molecule has 3 aromatic heterocycles. The fourth-order valence-electron chi connectivity index (χ4n) is 4.62. The van der Waals surface area contributed by atoms with Crippen molar-refractivity contribution in [3.05, 3.63) is 91.0 Å². The lowest BCUT2D eigenvalue weighted by atomic mass is 10.0. The summed E-state index contributed by atoms with van der Waals surface area (Å²) in [6, 6.07) is 31.5. The highest BCUT2D eigenvalue weighted by atomic mass is 16.3. The van der Waals surface area contributed by atoms with E-state index in [2.05, 4.69) is 83.8 Å². The van der Waals surface area contributed by atoms with Crippen LogP contribution in [-0.4, -0.2) is 9.97 Å². The van der Waals surface area contributed by atoms with Crippen LogP contribution in [0.15, 0.2) is 95.4 Å². The second-order valence-electron chi connectivity index (χ2n) is 7.72. The number of rotatable bonds is 1. The number of hydrogen-bond acceptors (Lipinski definition) is 2. The molecule has 0 amide bonds. The van der Waals surface area contributed by atoms with Gasteiger partial charge in [-0.2, -0.15) is 0 Å². The van der Waals surface area contributed by atoms with Crippen molar-refractivity contribution in [3.8, 4) is 11.3 Å². The Morgan fingerprint density at radius 1 is 0.667 bits per heavy atom. The van der Waals surface area contributed by atoms with Crippen molar-refractivity contribution in [2.75, 3.05) is 0 Å². The molecule has 7 rings (SSSR count). The standard InChI is InChI=1S/C27H16N2O/c1-2-8-17-15-18(14-13-16(17)7-1)25-26-23(19-9-3-5-11-21(19)28-25)24-20-10-4-6-12-22(20)29-27(24)30-26/h1-15,29H. The van der Waals surface area contributed by atoms with E-state index in [1.807, 2.05) is 12.1 Å². The van der Waals surface area contributed by atoms with Gasteiger partial charge < -0.3 is 9.40 Å². The largest absolute Gasteiger partial charge is 0.437 e. The van der Waals surface area contributed by atoms with Crippen LogP contribution >= 0.6 is 0 Å². The molecular weight excluding hydrogens is 368 g/mol. The van der Waals surface area contributed by atoms with Gasteiger partial charge in [-0.15, -0.1) is 0 Å². The zero-order valence-electron chi connectivity index (χ0n) is 16.0. The smallest absolute Gasteiger partial charge is 0.206 e. The molecular formula is C27H16N2O. The first-order valence-corrected chi connectivity index (χ1v) is 10.1. The van der Waals surface area contributed by atoms with E-state index >= 15 is 0 Å². The van der Waals surface area contributed by atoms with Crippen LogP contribution in [-0.2, 0) is 0 Å². The SMILES string of the molecule is c1ccc2cc(-c3nc4ccccc4c4c3oc3[nH]c5ccccc5c34)ccc2c1. The van der Waals surface area contributed by atoms with E-state index in [1.54, 1.807) is 0 Å². The summed E-state index contributed by atoms with van der Waals surface area (Å²) in [5, 5.41) is 6.95. The van der Waals surface area contributed by atoms with Crippen molar-refractivity contribution >= 4 is 54.6 Å². The van der Waals surface area contributed by atoms with E-state index < -0.39 is 0 Å². The van der Waals surface area contributed by atoms with Crippen LogP contribution in [0.1, 0.15) is 0 Å². The van der Waals surface area contributed by atoms with Crippen molar-refractivity contribution in [1.29, 1.82) is 0 Å². The number of furan rings is 1. The normalized spacial score (nSPS) is 12.0. The Morgan fingerprint density at radius 2 is 1.43 bits per heavy atom. The Kier molecular flexibility index (Phi) is 3.00. The first kappa shape index (κ1) is 15.8. The monoisotopic (exact) mass is 384 g/mol. The first-order chi connectivity index (χ1) is 14.9. The Morgan fingerprint density at radius 3 is 2.37 bits per heavy atom. The lowest BCUT2D eigenvalue weighted by molar-refractivity contribution is 0.657. The number of nitrogens with zero attached hydrogens (tertiary/aromatic N) is 1. The molecule has 0 saturated carbocycles. The molecule has 3 nitrogen and oxygen atoms in total. The zero-order valence-corrected chi connectivity index (χ0v) is 16.0. The molecule has 0 radical (unpaired) electrons. The number of benzene rings is 4. The Hall–Kier alpha value is -4.11. The zero-order chi connectivity index (χ0) is 19.7. The molecule has 140 valence electrons. The van der Waals surface area contributed by atoms with Gasteiger partial charge in [-0.1, -0.05) is 72.8 Å². The third kappa shape index (κ3) is 2.06. The molecule has 3 heterocycles. The summed E-state index contributed by atoms with van der Waals surface area (Å²) in [5.74, 6) is 0. The highest BCUT2D eigenvalue weighted by molar-refractivity contribution is 6.27. The van der Waals surface area contributed by atoms with Crippen LogP contribution in [0.4, 0.5) is 0 Å². The van der Waals surface area contributed by atoms with E-state index in [0.29, 0.717) is 0 Å². The first-order valence-electron chi connectivity index (χ1n) is 10.1. The number of para-hydroxylation sites is 2. The Bertz CT molecular complexity index is 1750. The van der Waals surface area contributed by atoms with Crippen molar-refractivity contribution in [3.63, 3.8) is 0 Å². The number of H-pyrrole nitrogens is 1. The Labute approximate surface area is 171 Å². The molecule has 0 spiro atoms. The maximum atomic E-state index is 6.43. The topological polar surface area (TPSA) is 41.8 Å². The van der Waals surface area contributed by atoms with Crippen LogP contribution in [0, 0.1) is 0 Å². The Balaban J connectivity index is 1.68. The molecule has 7 aromatic rings. The van der Waals surface area contributed by atoms with E-state index in [0.717, 1.165) is 49.7 Å². The van der Waals surface area contributed by atoms with Gasteiger partial charge in [0, 0.05) is 27.2 Å². The third-order valence-corrected chi connectivity index (χ3v) is 6.00. The molecule has 3 heteroatoms. The minimum absolute atomic E-state index is 0.798. The fraction of sp³-hybridized carbons (Fsp3) is 0. The maximum Gasteiger partial charge on any atom is 0.206 e. The average molecular weight is 384 g/mol. The highest BCUT2D eigenvalue weighted by Gasteiger charge is 2.20. The highest BCUT2D eigenvalue weighted by Crippen LogP contribution is 2.42. The van der Waals surface area contributed by atoms with Crippen LogP contribution < -0.4 is 0 Å². The van der Waals surface area contributed by atoms with Gasteiger partial charge in [-0.25, -0.2) is 4.98 Å². The number of aromatic amines is 1. The minimum Gasteiger partial charge on any atom is -0.437 e. The van der Waals surface area contributed by atoms with E-state index in [9.17, 15) is 0 Å². The molecule has 1 N–H and O–H groups in total. The molecule has 0 aliphatic carbocycles. The summed E-state index contributed by atoms with van der Waals surface area (Å²) in [6.07, 6.45) is 0. The molecule has 0 saturated heterocycles. The minimum atomic E-state index is 0.798. The summed E-state index contributed by atoms with van der Waals surface area (Å²) in [7, 11) is 0. The molecule has 0 fully saturated rings. The molecule has 0 unspecified atom stereocenters. The molecule has 30 heavy (non-hydrogen) atoms. The second kappa shape index (κ2) is 5.71. The number of fused-ring (bicyclic) bond motifs is 8. The van der Waals surface area contributed by atoms with Gasteiger partial charge in [0.25, 0.3) is 0 Å². The van der Waals surface area contributed by atoms with Crippen LogP contribution in [0.2, 0.25) is 0 Å². The van der Waals surface area contributed by atoms with Crippen molar-refractivity contribution in [2.24, 2.45) is 0 Å². The van der Waals surface area contributed by atoms with Crippen molar-refractivity contribution < 1.29 is 4.42 Å².